The molecule has 2 aromatic heterocycles. The highest BCUT2D eigenvalue weighted by molar-refractivity contribution is 7.13. The second-order valence-corrected chi connectivity index (χ2v) is 15.0. The number of carbonyl (C=O) groups is 2. The van der Waals surface area contributed by atoms with Crippen LogP contribution in [-0.4, -0.2) is 50.3 Å². The number of likely N-dealkylation sites (tertiary alicyclic amines) is 1. The number of rotatable bonds is 15. The van der Waals surface area contributed by atoms with Crippen molar-refractivity contribution >= 4 is 46.5 Å². The lowest BCUT2D eigenvalue weighted by molar-refractivity contribution is -0.605. The topological polar surface area (TPSA) is 113 Å². The molecule has 6 rings (SSSR count). The molecule has 0 spiro atoms. The SMILES string of the molecule is COc1ccc([C@H](Cc2c(Cl)c[n+]([O-])cc2Cl)OC(=O)c2ccc(CNC(C(=O)OC3CCN(Cc4ccccc4)CC3)c3ccccc3F)s2)cc1OC. The van der Waals surface area contributed by atoms with Crippen molar-refractivity contribution in [3.05, 3.63) is 150 Å². The number of hydrogen-bond acceptors (Lipinski definition) is 10. The Morgan fingerprint density at radius 1 is 0.945 bits per heavy atom. The number of carbonyl (C=O) groups excluding carboxylic acids is 2. The number of halogens is 3. The Morgan fingerprint density at radius 3 is 2.33 bits per heavy atom. The number of thiophene rings is 1. The molecule has 5 aromatic rings. The van der Waals surface area contributed by atoms with Crippen molar-refractivity contribution in [3.63, 3.8) is 0 Å². The Kier molecular flexibility index (Phi) is 13.6. The van der Waals surface area contributed by atoms with Gasteiger partial charge in [-0.2, -0.15) is 4.73 Å². The zero-order valence-electron chi connectivity index (χ0n) is 30.2. The van der Waals surface area contributed by atoms with E-state index in [-0.39, 0.29) is 39.6 Å². The van der Waals surface area contributed by atoms with Crippen molar-refractivity contribution in [2.24, 2.45) is 0 Å². The molecule has 2 atom stereocenters. The largest absolute Gasteiger partial charge is 0.619 e. The summed E-state index contributed by atoms with van der Waals surface area (Å²) in [4.78, 5) is 30.6. The van der Waals surface area contributed by atoms with E-state index >= 15 is 4.39 Å². The van der Waals surface area contributed by atoms with Crippen LogP contribution in [0.25, 0.3) is 0 Å². The van der Waals surface area contributed by atoms with Crippen LogP contribution in [0.15, 0.2) is 97.3 Å². The first-order valence-corrected chi connectivity index (χ1v) is 19.2. The first kappa shape index (κ1) is 40.0. The fourth-order valence-electron chi connectivity index (χ4n) is 6.45. The maximum Gasteiger partial charge on any atom is 0.348 e. The minimum absolute atomic E-state index is 0.0536. The van der Waals surface area contributed by atoms with Crippen LogP contribution < -0.4 is 19.5 Å². The Labute approximate surface area is 332 Å². The summed E-state index contributed by atoms with van der Waals surface area (Å²) in [7, 11) is 3.01. The molecule has 0 bridgehead atoms. The summed E-state index contributed by atoms with van der Waals surface area (Å²) in [6, 6.07) is 23.7. The fraction of sp³-hybridized carbons (Fsp3) is 0.293. The number of nitrogens with one attached hydrogen (secondary N) is 1. The number of methoxy groups -OCH3 is 2. The zero-order chi connectivity index (χ0) is 38.9. The van der Waals surface area contributed by atoms with Gasteiger partial charge in [-0.1, -0.05) is 77.8 Å². The van der Waals surface area contributed by atoms with Gasteiger partial charge in [0.25, 0.3) is 0 Å². The third-order valence-electron chi connectivity index (χ3n) is 9.34. The molecule has 1 fully saturated rings. The highest BCUT2D eigenvalue weighted by atomic mass is 35.5. The van der Waals surface area contributed by atoms with Crippen LogP contribution in [0.1, 0.15) is 61.8 Å². The number of hydrogen-bond donors (Lipinski definition) is 1. The van der Waals surface area contributed by atoms with Gasteiger partial charge in [0.05, 0.1) is 14.2 Å². The standard InChI is InChI=1S/C41H40Cl2FN3O7S/c1-51-35-14-12-27(20-37(35)52-2)36(21-31-32(42)24-47(50)25-33(31)43)54-40(48)38-15-13-29(55-38)22-45-39(30-10-6-7-11-34(30)44)41(49)53-28-16-18-46(19-17-28)23-26-8-4-3-5-9-26/h3-15,20,24-25,28,36,39,45H,16-19,21-23H2,1-2H3/t36-,39?/m0/s1. The summed E-state index contributed by atoms with van der Waals surface area (Å²) in [5.74, 6) is -0.820. The minimum Gasteiger partial charge on any atom is -0.619 e. The van der Waals surface area contributed by atoms with Gasteiger partial charge in [0, 0.05) is 48.6 Å². The molecule has 1 aliphatic rings. The van der Waals surface area contributed by atoms with Gasteiger partial charge in [-0.05, 0) is 54.3 Å². The predicted octanol–water partition coefficient (Wildman–Crippen LogP) is 8.02. The Balaban J connectivity index is 1.13. The van der Waals surface area contributed by atoms with Crippen molar-refractivity contribution < 1.29 is 37.7 Å². The van der Waals surface area contributed by atoms with Crippen LogP contribution in [-0.2, 0) is 33.8 Å². The van der Waals surface area contributed by atoms with Crippen molar-refractivity contribution in [3.8, 4) is 11.5 Å². The molecule has 10 nitrogen and oxygen atoms in total. The van der Waals surface area contributed by atoms with Crippen LogP contribution in [0, 0.1) is 11.0 Å². The van der Waals surface area contributed by atoms with Gasteiger partial charge in [0.15, 0.2) is 23.9 Å². The Hall–Kier alpha value is -4.72. The number of piperidine rings is 1. The quantitative estimate of drug-likeness (QED) is 0.0639. The van der Waals surface area contributed by atoms with E-state index in [0.29, 0.717) is 45.1 Å². The molecule has 288 valence electrons. The molecular formula is C41H40Cl2FN3O7S. The van der Waals surface area contributed by atoms with Gasteiger partial charge in [-0.3, -0.25) is 10.2 Å². The third-order valence-corrected chi connectivity index (χ3v) is 11.1. The maximum atomic E-state index is 15.1. The van der Waals surface area contributed by atoms with E-state index in [4.69, 9.17) is 42.1 Å². The van der Waals surface area contributed by atoms with Crippen LogP contribution in [0.4, 0.5) is 4.39 Å². The van der Waals surface area contributed by atoms with Gasteiger partial charge >= 0.3 is 11.9 Å². The second-order valence-electron chi connectivity index (χ2n) is 13.0. The number of esters is 2. The van der Waals surface area contributed by atoms with E-state index in [1.54, 1.807) is 48.5 Å². The first-order valence-electron chi connectivity index (χ1n) is 17.6. The number of aromatic nitrogens is 1. The highest BCUT2D eigenvalue weighted by Gasteiger charge is 2.30. The molecule has 0 aliphatic carbocycles. The molecule has 0 radical (unpaired) electrons. The number of ether oxygens (including phenoxy) is 4. The van der Waals surface area contributed by atoms with E-state index in [1.807, 2.05) is 18.2 Å². The molecule has 14 heteroatoms. The average Bonchev–Trinajstić information content (AvgIpc) is 3.66. The third kappa shape index (κ3) is 10.3. The summed E-state index contributed by atoms with van der Waals surface area (Å²) in [5.41, 5.74) is 2.39. The lowest BCUT2D eigenvalue weighted by atomic mass is 10.0. The number of benzene rings is 3. The van der Waals surface area contributed by atoms with Gasteiger partial charge in [0.1, 0.15) is 39.0 Å². The molecule has 1 unspecified atom stereocenters. The molecule has 1 N–H and O–H groups in total. The van der Waals surface area contributed by atoms with Crippen molar-refractivity contribution in [1.82, 2.24) is 10.2 Å². The molecule has 3 heterocycles. The average molecular weight is 809 g/mol. The van der Waals surface area contributed by atoms with Crippen LogP contribution in [0.5, 0.6) is 11.5 Å². The maximum absolute atomic E-state index is 15.1. The molecule has 1 saturated heterocycles. The van der Waals surface area contributed by atoms with Crippen LogP contribution >= 0.6 is 34.5 Å². The normalized spacial score (nSPS) is 14.6. The van der Waals surface area contributed by atoms with Crippen molar-refractivity contribution in [2.45, 2.75) is 50.6 Å². The lowest BCUT2D eigenvalue weighted by Crippen LogP contribution is -2.39. The predicted molar refractivity (Wildman–Crippen MR) is 208 cm³/mol. The van der Waals surface area contributed by atoms with E-state index in [1.165, 1.54) is 49.6 Å². The first-order chi connectivity index (χ1) is 26.6. The van der Waals surface area contributed by atoms with Gasteiger partial charge in [-0.15, -0.1) is 11.3 Å². The molecule has 1 aliphatic heterocycles. The monoisotopic (exact) mass is 807 g/mol. The van der Waals surface area contributed by atoms with Gasteiger partial charge in [-0.25, -0.2) is 14.0 Å². The van der Waals surface area contributed by atoms with E-state index in [0.717, 1.165) is 19.6 Å². The molecule has 0 amide bonds. The number of nitrogens with zero attached hydrogens (tertiary/aromatic N) is 2. The summed E-state index contributed by atoms with van der Waals surface area (Å²) < 4.78 is 38.5. The Bertz CT molecular complexity index is 2070. The van der Waals surface area contributed by atoms with Crippen LogP contribution in [0.3, 0.4) is 0 Å². The van der Waals surface area contributed by atoms with Gasteiger partial charge < -0.3 is 24.2 Å². The van der Waals surface area contributed by atoms with E-state index in [2.05, 4.69) is 22.3 Å². The Morgan fingerprint density at radius 2 is 1.64 bits per heavy atom. The summed E-state index contributed by atoms with van der Waals surface area (Å²) in [5, 5.41) is 15.3. The summed E-state index contributed by atoms with van der Waals surface area (Å²) in [6.07, 6.45) is 2.56. The van der Waals surface area contributed by atoms with E-state index in [9.17, 15) is 14.8 Å². The van der Waals surface area contributed by atoms with Crippen molar-refractivity contribution in [1.29, 1.82) is 0 Å². The zero-order valence-corrected chi connectivity index (χ0v) is 32.5. The van der Waals surface area contributed by atoms with Crippen LogP contribution in [0.2, 0.25) is 10.0 Å². The number of pyridine rings is 1. The molecular weight excluding hydrogens is 768 g/mol. The summed E-state index contributed by atoms with van der Waals surface area (Å²) >= 11 is 14.0. The molecule has 3 aromatic carbocycles. The van der Waals surface area contributed by atoms with Crippen molar-refractivity contribution in [2.75, 3.05) is 27.3 Å². The molecule has 0 saturated carbocycles. The minimum atomic E-state index is -1.08. The highest BCUT2D eigenvalue weighted by Crippen LogP contribution is 2.36. The molecule has 55 heavy (non-hydrogen) atoms. The van der Waals surface area contributed by atoms with E-state index < -0.39 is 29.9 Å². The second kappa shape index (κ2) is 18.7. The fourth-order valence-corrected chi connectivity index (χ4v) is 7.89. The summed E-state index contributed by atoms with van der Waals surface area (Å²) in [6.45, 7) is 2.52. The smallest absolute Gasteiger partial charge is 0.348 e. The van der Waals surface area contributed by atoms with Gasteiger partial charge in [0.2, 0.25) is 0 Å². The lowest BCUT2D eigenvalue weighted by Gasteiger charge is -2.32.